The summed E-state index contributed by atoms with van der Waals surface area (Å²) in [6, 6.07) is 8.87. The molecule has 1 saturated heterocycles. The lowest BCUT2D eigenvalue weighted by Crippen LogP contribution is -2.47. The monoisotopic (exact) mass is 474 g/mol. The Hall–Kier alpha value is -2.59. The second-order valence-electron chi connectivity index (χ2n) is 8.06. The van der Waals surface area contributed by atoms with E-state index in [1.165, 1.54) is 0 Å². The van der Waals surface area contributed by atoms with Crippen molar-refractivity contribution in [2.24, 2.45) is 5.73 Å². The summed E-state index contributed by atoms with van der Waals surface area (Å²) in [5.41, 5.74) is 4.34. The first-order valence-electron chi connectivity index (χ1n) is 10.3. The Kier molecular flexibility index (Phi) is 7.38. The zero-order chi connectivity index (χ0) is 24.4. The van der Waals surface area contributed by atoms with E-state index >= 15 is 0 Å². The normalized spacial score (nSPS) is 19.6. The Bertz CT molecular complexity index is 957. The third kappa shape index (κ3) is 6.05. The van der Waals surface area contributed by atoms with E-state index in [9.17, 15) is 31.1 Å². The molecule has 2 atom stereocenters. The van der Waals surface area contributed by atoms with Crippen molar-refractivity contribution in [3.05, 3.63) is 70.3 Å². The number of benzene rings is 2. The molecule has 2 N–H and O–H groups in total. The second-order valence-corrected chi connectivity index (χ2v) is 8.06. The Morgan fingerprint density at radius 2 is 1.67 bits per heavy atom. The summed E-state index contributed by atoms with van der Waals surface area (Å²) in [5, 5.41) is 0. The molecule has 1 amide bonds. The number of hydrogen-bond donors (Lipinski definition) is 1. The summed E-state index contributed by atoms with van der Waals surface area (Å²) >= 11 is 0. The number of alkyl halides is 6. The van der Waals surface area contributed by atoms with Crippen LogP contribution in [0.3, 0.4) is 0 Å². The quantitative estimate of drug-likeness (QED) is 0.628. The lowest BCUT2D eigenvalue weighted by Gasteiger charge is -2.39. The van der Waals surface area contributed by atoms with Gasteiger partial charge in [0.1, 0.15) is 0 Å². The molecule has 0 bridgehead atoms. The van der Waals surface area contributed by atoms with E-state index in [0.717, 1.165) is 11.1 Å². The van der Waals surface area contributed by atoms with E-state index in [0.29, 0.717) is 31.6 Å². The van der Waals surface area contributed by atoms with Gasteiger partial charge in [-0.3, -0.25) is 4.79 Å². The topological polar surface area (TPSA) is 55.6 Å². The maximum absolute atomic E-state index is 13.2. The van der Waals surface area contributed by atoms with Crippen molar-refractivity contribution in [1.29, 1.82) is 0 Å². The molecular formula is C23H24F6N2O2. The lowest BCUT2D eigenvalue weighted by molar-refractivity contribution is -0.143. The summed E-state index contributed by atoms with van der Waals surface area (Å²) in [7, 11) is 0. The maximum Gasteiger partial charge on any atom is 0.416 e. The minimum Gasteiger partial charge on any atom is -0.373 e. The summed E-state index contributed by atoms with van der Waals surface area (Å²) in [6.45, 7) is 1.93. The fourth-order valence-corrected chi connectivity index (χ4v) is 4.09. The Morgan fingerprint density at radius 3 is 2.21 bits per heavy atom. The first-order chi connectivity index (χ1) is 15.4. The molecule has 1 aliphatic heterocycles. The number of likely N-dealkylation sites (tertiary alicyclic amines) is 1. The first kappa shape index (κ1) is 25.0. The van der Waals surface area contributed by atoms with Crippen molar-refractivity contribution in [3.63, 3.8) is 0 Å². The first-order valence-corrected chi connectivity index (χ1v) is 10.3. The standard InChI is InChI=1S/C23H24F6N2O2/c1-14-4-2-3-5-18(14)19-12-31(21(32)11-30)7-6-20(19)33-13-15-8-16(22(24,25)26)10-17(9-15)23(27,28)29/h2-5,8-10,19-20H,6-7,11-13,30H2,1H3/t19-,20-/m0/s1. The van der Waals surface area contributed by atoms with Gasteiger partial charge in [-0.1, -0.05) is 24.3 Å². The third-order valence-electron chi connectivity index (χ3n) is 5.78. The molecule has 0 unspecified atom stereocenters. The van der Waals surface area contributed by atoms with Gasteiger partial charge in [0.25, 0.3) is 0 Å². The number of aryl methyl sites for hydroxylation is 1. The molecule has 10 heteroatoms. The Balaban J connectivity index is 1.87. The van der Waals surface area contributed by atoms with Crippen molar-refractivity contribution in [3.8, 4) is 0 Å². The number of nitrogens with two attached hydrogens (primary N) is 1. The highest BCUT2D eigenvalue weighted by atomic mass is 19.4. The number of rotatable bonds is 5. The predicted octanol–water partition coefficient (Wildman–Crippen LogP) is 4.89. The van der Waals surface area contributed by atoms with E-state index in [2.05, 4.69) is 0 Å². The molecule has 1 aliphatic rings. The second kappa shape index (κ2) is 9.72. The molecule has 3 rings (SSSR count). The van der Waals surface area contributed by atoms with Crippen molar-refractivity contribution < 1.29 is 35.9 Å². The summed E-state index contributed by atoms with van der Waals surface area (Å²) < 4.78 is 84.8. The fraction of sp³-hybridized carbons (Fsp3) is 0.435. The summed E-state index contributed by atoms with van der Waals surface area (Å²) in [5.74, 6) is -0.539. The van der Waals surface area contributed by atoms with Gasteiger partial charge < -0.3 is 15.4 Å². The molecule has 33 heavy (non-hydrogen) atoms. The van der Waals surface area contributed by atoms with Crippen molar-refractivity contribution in [2.75, 3.05) is 19.6 Å². The molecule has 0 spiro atoms. The van der Waals surface area contributed by atoms with Crippen molar-refractivity contribution in [2.45, 2.75) is 44.3 Å². The number of halogens is 6. The van der Waals surface area contributed by atoms with Crippen LogP contribution in [0.4, 0.5) is 26.3 Å². The average Bonchev–Trinajstić information content (AvgIpc) is 2.76. The number of amides is 1. The Labute approximate surface area is 187 Å². The van der Waals surface area contributed by atoms with Crippen LogP contribution >= 0.6 is 0 Å². The number of nitrogens with zero attached hydrogens (tertiary/aromatic N) is 1. The fourth-order valence-electron chi connectivity index (χ4n) is 4.09. The van der Waals surface area contributed by atoms with E-state index < -0.39 is 36.2 Å². The molecule has 1 fully saturated rings. The summed E-state index contributed by atoms with van der Waals surface area (Å²) in [4.78, 5) is 13.7. The zero-order valence-electron chi connectivity index (χ0n) is 17.8. The van der Waals surface area contributed by atoms with Gasteiger partial charge in [-0.15, -0.1) is 0 Å². The van der Waals surface area contributed by atoms with Crippen LogP contribution < -0.4 is 5.73 Å². The third-order valence-corrected chi connectivity index (χ3v) is 5.78. The molecule has 1 heterocycles. The van der Waals surface area contributed by atoms with Gasteiger partial charge >= 0.3 is 12.4 Å². The largest absolute Gasteiger partial charge is 0.416 e. The molecule has 0 aliphatic carbocycles. The minimum absolute atomic E-state index is 0.0938. The molecule has 2 aromatic rings. The molecular weight excluding hydrogens is 450 g/mol. The maximum atomic E-state index is 13.2. The van der Waals surface area contributed by atoms with Crippen LogP contribution in [0, 0.1) is 6.92 Å². The smallest absolute Gasteiger partial charge is 0.373 e. The van der Waals surface area contributed by atoms with Crippen LogP contribution in [-0.4, -0.2) is 36.5 Å². The number of ether oxygens (including phenoxy) is 1. The highest BCUT2D eigenvalue weighted by molar-refractivity contribution is 5.78. The number of carbonyl (C=O) groups is 1. The van der Waals surface area contributed by atoms with Crippen LogP contribution in [-0.2, 0) is 28.5 Å². The highest BCUT2D eigenvalue weighted by Crippen LogP contribution is 2.37. The van der Waals surface area contributed by atoms with E-state index in [4.69, 9.17) is 10.5 Å². The van der Waals surface area contributed by atoms with E-state index in [-0.39, 0.29) is 30.0 Å². The average molecular weight is 474 g/mol. The molecule has 0 saturated carbocycles. The van der Waals surface area contributed by atoms with Crippen LogP contribution in [0.15, 0.2) is 42.5 Å². The summed E-state index contributed by atoms with van der Waals surface area (Å²) in [6.07, 6.45) is -9.98. The van der Waals surface area contributed by atoms with Gasteiger partial charge in [0.15, 0.2) is 0 Å². The van der Waals surface area contributed by atoms with Gasteiger partial charge in [-0.25, -0.2) is 0 Å². The molecule has 4 nitrogen and oxygen atoms in total. The molecule has 180 valence electrons. The zero-order valence-corrected chi connectivity index (χ0v) is 17.8. The van der Waals surface area contributed by atoms with Crippen molar-refractivity contribution >= 4 is 5.91 Å². The lowest BCUT2D eigenvalue weighted by atomic mass is 9.85. The number of hydrogen-bond acceptors (Lipinski definition) is 3. The van der Waals surface area contributed by atoms with Crippen LogP contribution in [0.1, 0.15) is 40.2 Å². The van der Waals surface area contributed by atoms with Gasteiger partial charge in [0, 0.05) is 19.0 Å². The van der Waals surface area contributed by atoms with Crippen molar-refractivity contribution in [1.82, 2.24) is 4.90 Å². The van der Waals surface area contributed by atoms with E-state index in [1.54, 1.807) is 4.90 Å². The predicted molar refractivity (Wildman–Crippen MR) is 109 cm³/mol. The molecule has 2 aromatic carbocycles. The van der Waals surface area contributed by atoms with Crippen LogP contribution in [0.5, 0.6) is 0 Å². The van der Waals surface area contributed by atoms with Crippen LogP contribution in [0.25, 0.3) is 0 Å². The molecule has 0 radical (unpaired) electrons. The van der Waals surface area contributed by atoms with Gasteiger partial charge in [0.05, 0.1) is 30.4 Å². The van der Waals surface area contributed by atoms with Gasteiger partial charge in [-0.2, -0.15) is 26.3 Å². The molecule has 0 aromatic heterocycles. The van der Waals surface area contributed by atoms with E-state index in [1.807, 2.05) is 31.2 Å². The highest BCUT2D eigenvalue weighted by Gasteiger charge is 2.38. The SMILES string of the molecule is Cc1ccccc1[C@@H]1CN(C(=O)CN)CC[C@@H]1OCc1cc(C(F)(F)F)cc(C(F)(F)F)c1. The van der Waals surface area contributed by atoms with Gasteiger partial charge in [0.2, 0.25) is 5.91 Å². The van der Waals surface area contributed by atoms with Gasteiger partial charge in [-0.05, 0) is 48.2 Å². The van der Waals surface area contributed by atoms with Crippen LogP contribution in [0.2, 0.25) is 0 Å². The minimum atomic E-state index is -4.92. The number of carbonyl (C=O) groups excluding carboxylic acids is 1. The Morgan fingerprint density at radius 1 is 1.06 bits per heavy atom. The number of piperidine rings is 1.